The van der Waals surface area contributed by atoms with Crippen LogP contribution < -0.4 is 20.3 Å². The summed E-state index contributed by atoms with van der Waals surface area (Å²) in [6.07, 6.45) is -0.616. The summed E-state index contributed by atoms with van der Waals surface area (Å²) in [5.74, 6) is -14.0. The van der Waals surface area contributed by atoms with Crippen molar-refractivity contribution in [1.82, 2.24) is 5.32 Å². The molecular weight excluding hydrogens is 686 g/mol. The van der Waals surface area contributed by atoms with Crippen LogP contribution in [0.4, 0.5) is 28.9 Å². The van der Waals surface area contributed by atoms with Gasteiger partial charge in [-0.3, -0.25) is 24.0 Å². The van der Waals surface area contributed by atoms with Gasteiger partial charge in [0.25, 0.3) is 0 Å². The van der Waals surface area contributed by atoms with Crippen LogP contribution in [0.5, 0.6) is 5.75 Å². The third kappa shape index (κ3) is 9.74. The summed E-state index contributed by atoms with van der Waals surface area (Å²) in [6, 6.07) is 12.2. The second-order valence-corrected chi connectivity index (χ2v) is 14.4. The van der Waals surface area contributed by atoms with Crippen molar-refractivity contribution in [2.75, 3.05) is 23.4 Å². The molecule has 0 fully saturated rings. The largest absolute Gasteiger partial charge is 0.479 e. The molecule has 0 bridgehead atoms. The van der Waals surface area contributed by atoms with Crippen molar-refractivity contribution >= 4 is 40.8 Å². The maximum absolute atomic E-state index is 14.2. The fourth-order valence-electron chi connectivity index (χ4n) is 5.69. The number of ether oxygens (including phenoxy) is 2. The van der Waals surface area contributed by atoms with Gasteiger partial charge in [0.15, 0.2) is 23.2 Å². The first-order chi connectivity index (χ1) is 24.3. The molecule has 1 aliphatic rings. The summed E-state index contributed by atoms with van der Waals surface area (Å²) < 4.78 is 66.0. The van der Waals surface area contributed by atoms with Crippen LogP contribution in [0.25, 0.3) is 0 Å². The van der Waals surface area contributed by atoms with E-state index in [9.17, 15) is 41.5 Å². The number of rotatable bonds is 10. The Labute approximate surface area is 298 Å². The second-order valence-electron chi connectivity index (χ2n) is 14.4. The van der Waals surface area contributed by atoms with Crippen LogP contribution in [0.15, 0.2) is 54.6 Å². The zero-order valence-corrected chi connectivity index (χ0v) is 29.7. The van der Waals surface area contributed by atoms with Gasteiger partial charge in [-0.1, -0.05) is 57.2 Å². The van der Waals surface area contributed by atoms with Crippen molar-refractivity contribution in [2.24, 2.45) is 5.92 Å². The summed E-state index contributed by atoms with van der Waals surface area (Å²) in [6.45, 7) is 9.35. The number of carbonyl (C=O) groups is 5. The Kier molecular flexibility index (Phi) is 12.1. The zero-order valence-electron chi connectivity index (χ0n) is 29.7. The van der Waals surface area contributed by atoms with E-state index in [1.54, 1.807) is 57.2 Å². The van der Waals surface area contributed by atoms with Gasteiger partial charge in [0, 0.05) is 30.4 Å². The molecule has 0 aromatic heterocycles. The lowest BCUT2D eigenvalue weighted by Crippen LogP contribution is -2.52. The third-order valence-corrected chi connectivity index (χ3v) is 8.14. The van der Waals surface area contributed by atoms with Crippen molar-refractivity contribution in [3.05, 3.63) is 89.0 Å². The molecule has 0 spiro atoms. The molecule has 3 amide bonds. The molecule has 0 unspecified atom stereocenters. The van der Waals surface area contributed by atoms with Gasteiger partial charge in [-0.05, 0) is 62.3 Å². The smallest absolute Gasteiger partial charge is 0.316 e. The Morgan fingerprint density at radius 3 is 2.13 bits per heavy atom. The highest BCUT2D eigenvalue weighted by molar-refractivity contribution is 6.44. The van der Waals surface area contributed by atoms with Crippen LogP contribution in [-0.4, -0.2) is 54.3 Å². The fraction of sp³-hybridized carbons (Fsp3) is 0.395. The lowest BCUT2D eigenvalue weighted by Gasteiger charge is -2.34. The van der Waals surface area contributed by atoms with Gasteiger partial charge in [0.1, 0.15) is 12.2 Å². The van der Waals surface area contributed by atoms with E-state index in [0.29, 0.717) is 16.9 Å². The van der Waals surface area contributed by atoms with Crippen LogP contribution in [0.3, 0.4) is 0 Å². The number of para-hydroxylation sites is 2. The standard InChI is InChI=1S/C38H41F4N3O7/c1-37(2,3)23-12-8-9-13-26(23)43-35(49)36(50)45-19-22(17-21-11-7-10-14-28(21)45)34(48)44-27(15-16-30(47)52-38(4,5)6)29(46)20-51-33-31(41)24(39)18-25(40)32(33)42/h7-14,18,22,27H,15-17,19-20H2,1-6H3,(H,43,49)(H,44,48)/t22-,27-/m0/s1. The lowest BCUT2D eigenvalue weighted by atomic mass is 9.86. The summed E-state index contributed by atoms with van der Waals surface area (Å²) in [5.41, 5.74) is 0.990. The van der Waals surface area contributed by atoms with E-state index in [2.05, 4.69) is 10.6 Å². The molecule has 2 atom stereocenters. The molecule has 52 heavy (non-hydrogen) atoms. The van der Waals surface area contributed by atoms with Crippen molar-refractivity contribution in [2.45, 2.75) is 77.9 Å². The number of ketones is 1. The first-order valence-corrected chi connectivity index (χ1v) is 16.6. The normalized spacial score (nSPS) is 14.9. The maximum Gasteiger partial charge on any atom is 0.316 e. The summed E-state index contributed by atoms with van der Waals surface area (Å²) in [7, 11) is 0. The van der Waals surface area contributed by atoms with Crippen LogP contribution in [0, 0.1) is 29.2 Å². The van der Waals surface area contributed by atoms with Crippen molar-refractivity contribution in [3.8, 4) is 5.75 Å². The van der Waals surface area contributed by atoms with Gasteiger partial charge in [-0.15, -0.1) is 0 Å². The van der Waals surface area contributed by atoms with E-state index < -0.39 is 82.7 Å². The number of nitrogens with one attached hydrogen (secondary N) is 2. The average molecular weight is 728 g/mol. The summed E-state index contributed by atoms with van der Waals surface area (Å²) in [4.78, 5) is 67.8. The number of hydrogen-bond donors (Lipinski definition) is 2. The van der Waals surface area contributed by atoms with Crippen molar-refractivity contribution in [1.29, 1.82) is 0 Å². The molecule has 0 aliphatic carbocycles. The molecule has 2 N–H and O–H groups in total. The number of halogens is 4. The molecule has 278 valence electrons. The highest BCUT2D eigenvalue weighted by atomic mass is 19.2. The zero-order chi connectivity index (χ0) is 38.5. The van der Waals surface area contributed by atoms with E-state index in [1.165, 1.54) is 4.90 Å². The van der Waals surface area contributed by atoms with Gasteiger partial charge >= 0.3 is 17.8 Å². The Morgan fingerprint density at radius 1 is 0.885 bits per heavy atom. The van der Waals surface area contributed by atoms with Crippen LogP contribution >= 0.6 is 0 Å². The van der Waals surface area contributed by atoms with Crippen LogP contribution in [0.1, 0.15) is 65.5 Å². The van der Waals surface area contributed by atoms with E-state index >= 15 is 0 Å². The lowest BCUT2D eigenvalue weighted by molar-refractivity contribution is -0.155. The molecule has 0 radical (unpaired) electrons. The maximum atomic E-state index is 14.2. The Morgan fingerprint density at radius 2 is 1.50 bits per heavy atom. The third-order valence-electron chi connectivity index (χ3n) is 8.14. The molecule has 10 nitrogen and oxygen atoms in total. The number of benzene rings is 3. The minimum Gasteiger partial charge on any atom is -0.479 e. The molecule has 1 heterocycles. The first-order valence-electron chi connectivity index (χ1n) is 16.6. The molecule has 14 heteroatoms. The number of amides is 3. The van der Waals surface area contributed by atoms with E-state index in [-0.39, 0.29) is 37.3 Å². The number of fused-ring (bicyclic) bond motifs is 1. The minimum atomic E-state index is -1.86. The predicted molar refractivity (Wildman–Crippen MR) is 184 cm³/mol. The summed E-state index contributed by atoms with van der Waals surface area (Å²) in [5, 5.41) is 5.21. The number of hydrogen-bond acceptors (Lipinski definition) is 7. The number of esters is 1. The highest BCUT2D eigenvalue weighted by Crippen LogP contribution is 2.32. The molecule has 1 aliphatic heterocycles. The average Bonchev–Trinajstić information content (AvgIpc) is 3.07. The number of carbonyl (C=O) groups excluding carboxylic acids is 5. The van der Waals surface area contributed by atoms with Crippen LogP contribution in [0.2, 0.25) is 0 Å². The monoisotopic (exact) mass is 727 g/mol. The van der Waals surface area contributed by atoms with Crippen molar-refractivity contribution < 1.29 is 51.0 Å². The first kappa shape index (κ1) is 39.5. The van der Waals surface area contributed by atoms with Gasteiger partial charge in [0.05, 0.1) is 12.0 Å². The topological polar surface area (TPSA) is 131 Å². The SMILES string of the molecule is CC(C)(C)OC(=O)CC[C@H](NC(=O)[C@H]1Cc2ccccc2N(C(=O)C(=O)Nc2ccccc2C(C)(C)C)C1)C(=O)COc1c(F)c(F)cc(F)c1F. The van der Waals surface area contributed by atoms with Crippen LogP contribution in [-0.2, 0) is 40.5 Å². The number of anilines is 2. The Bertz CT molecular complexity index is 1840. The van der Waals surface area contributed by atoms with Gasteiger partial charge in [-0.2, -0.15) is 8.78 Å². The Balaban J connectivity index is 1.55. The number of nitrogens with zero attached hydrogens (tertiary/aromatic N) is 1. The minimum absolute atomic E-state index is 0.0198. The predicted octanol–water partition coefficient (Wildman–Crippen LogP) is 5.94. The van der Waals surface area contributed by atoms with Gasteiger partial charge in [-0.25, -0.2) is 8.78 Å². The van der Waals surface area contributed by atoms with E-state index in [0.717, 1.165) is 5.56 Å². The molecular formula is C38H41F4N3O7. The molecule has 0 saturated carbocycles. The fourth-order valence-corrected chi connectivity index (χ4v) is 5.69. The quantitative estimate of drug-likeness (QED) is 0.114. The number of Topliss-reactive ketones (excluding diaryl/α,β-unsaturated/α-hetero) is 1. The van der Waals surface area contributed by atoms with E-state index in [4.69, 9.17) is 9.47 Å². The van der Waals surface area contributed by atoms with Gasteiger partial charge < -0.3 is 25.0 Å². The molecule has 4 rings (SSSR count). The molecule has 3 aromatic carbocycles. The second kappa shape index (κ2) is 16.0. The molecule has 3 aromatic rings. The Hall–Kier alpha value is -5.27. The van der Waals surface area contributed by atoms with Crippen molar-refractivity contribution in [3.63, 3.8) is 0 Å². The molecule has 0 saturated heterocycles. The van der Waals surface area contributed by atoms with Gasteiger partial charge in [0.2, 0.25) is 17.5 Å². The van der Waals surface area contributed by atoms with E-state index in [1.807, 2.05) is 32.9 Å². The summed E-state index contributed by atoms with van der Waals surface area (Å²) >= 11 is 0. The highest BCUT2D eigenvalue weighted by Gasteiger charge is 2.37.